The topological polar surface area (TPSA) is 4.93 Å². The maximum absolute atomic E-state index is 4.59. The Morgan fingerprint density at radius 3 is 2.07 bits per heavy atom. The highest BCUT2D eigenvalue weighted by molar-refractivity contribution is 5.98. The molecule has 1 aromatic heterocycles. The summed E-state index contributed by atoms with van der Waals surface area (Å²) < 4.78 is 2.33. The molecule has 1 aromatic carbocycles. The van der Waals surface area contributed by atoms with Crippen molar-refractivity contribution >= 4 is 35.2 Å². The van der Waals surface area contributed by atoms with E-state index in [-0.39, 0.29) is 0 Å². The van der Waals surface area contributed by atoms with Gasteiger partial charge in [-0.3, -0.25) is 0 Å². The van der Waals surface area contributed by atoms with Crippen molar-refractivity contribution in [2.45, 2.75) is 48.0 Å². The van der Waals surface area contributed by atoms with Crippen molar-refractivity contribution in [3.05, 3.63) is 80.4 Å². The summed E-state index contributed by atoms with van der Waals surface area (Å²) in [5, 5.41) is 3.66. The Hall–Kier alpha value is -2.80. The minimum Gasteiger partial charge on any atom is -0.344 e. The smallest absolute Gasteiger partial charge is 0.0527 e. The Morgan fingerprint density at radius 1 is 0.862 bits per heavy atom. The summed E-state index contributed by atoms with van der Waals surface area (Å²) in [4.78, 5) is 0. The van der Waals surface area contributed by atoms with Crippen LogP contribution in [0, 0.1) is 13.8 Å². The fraction of sp³-hybridized carbons (Fsp3) is 0.286. The van der Waals surface area contributed by atoms with E-state index in [9.17, 15) is 0 Å². The molecule has 0 N–H and O–H groups in total. The van der Waals surface area contributed by atoms with Crippen LogP contribution in [0.15, 0.2) is 47.6 Å². The predicted octanol–water partition coefficient (Wildman–Crippen LogP) is 6.27. The van der Waals surface area contributed by atoms with Gasteiger partial charge in [0.05, 0.1) is 5.52 Å². The van der Waals surface area contributed by atoms with Crippen LogP contribution in [0.4, 0.5) is 0 Å². The molecule has 29 heavy (non-hydrogen) atoms. The van der Waals surface area contributed by atoms with Crippen molar-refractivity contribution in [2.75, 3.05) is 0 Å². The summed E-state index contributed by atoms with van der Waals surface area (Å²) in [5.74, 6) is 0. The number of hydrogen-bond donors (Lipinski definition) is 0. The highest BCUT2D eigenvalue weighted by Crippen LogP contribution is 2.37. The van der Waals surface area contributed by atoms with Gasteiger partial charge in [-0.05, 0) is 97.9 Å². The van der Waals surface area contributed by atoms with Gasteiger partial charge in [0.1, 0.15) is 0 Å². The molecule has 1 nitrogen and oxygen atoms in total. The first-order chi connectivity index (χ1) is 13.8. The van der Waals surface area contributed by atoms with Gasteiger partial charge in [0.2, 0.25) is 0 Å². The van der Waals surface area contributed by atoms with Gasteiger partial charge >= 0.3 is 0 Å². The first-order valence-corrected chi connectivity index (χ1v) is 10.4. The molecular weight excluding hydrogens is 350 g/mol. The molecule has 150 valence electrons. The summed E-state index contributed by atoms with van der Waals surface area (Å²) in [6.07, 6.45) is 13.9. The third-order valence-electron chi connectivity index (χ3n) is 6.13. The van der Waals surface area contributed by atoms with Crippen LogP contribution < -0.4 is 10.4 Å². The Labute approximate surface area is 175 Å². The lowest BCUT2D eigenvalue weighted by Crippen LogP contribution is -2.31. The van der Waals surface area contributed by atoms with Crippen LogP contribution in [0.3, 0.4) is 0 Å². The van der Waals surface area contributed by atoms with E-state index in [1.807, 2.05) is 0 Å². The molecule has 0 saturated heterocycles. The van der Waals surface area contributed by atoms with Gasteiger partial charge in [-0.1, -0.05) is 49.1 Å². The summed E-state index contributed by atoms with van der Waals surface area (Å²) >= 11 is 0. The molecule has 0 atom stereocenters. The Bertz CT molecular complexity index is 1250. The van der Waals surface area contributed by atoms with E-state index in [0.717, 1.165) is 11.6 Å². The molecule has 1 aliphatic rings. The Balaban J connectivity index is 2.77. The second-order valence-corrected chi connectivity index (χ2v) is 8.03. The van der Waals surface area contributed by atoms with Gasteiger partial charge < -0.3 is 4.57 Å². The third-order valence-corrected chi connectivity index (χ3v) is 6.13. The molecule has 0 bridgehead atoms. The standard InChI is InChI=1S/C28H33N/c1-10-13-22-17(4)16-18(5)25(22)26-19(6)23(14-11-2)20(7)28-27(26)21(8)24(15-12-3)29(28)9/h10-15H,5-6,16H2,1-4,7-9H3/b13-10-,14-11-,15-12-,26-25-. The minimum atomic E-state index is 0.927. The monoisotopic (exact) mass is 383 g/mol. The van der Waals surface area contributed by atoms with Crippen molar-refractivity contribution in [3.8, 4) is 0 Å². The lowest BCUT2D eigenvalue weighted by molar-refractivity contribution is 0.943. The van der Waals surface area contributed by atoms with Crippen molar-refractivity contribution < 1.29 is 0 Å². The molecule has 0 spiro atoms. The number of aryl methyl sites for hydroxylation is 3. The van der Waals surface area contributed by atoms with E-state index in [1.165, 1.54) is 60.8 Å². The maximum Gasteiger partial charge on any atom is 0.0527 e. The van der Waals surface area contributed by atoms with Gasteiger partial charge in [0.15, 0.2) is 0 Å². The summed E-state index contributed by atoms with van der Waals surface area (Å²) in [6, 6.07) is 0. The quantitative estimate of drug-likeness (QED) is 0.588. The highest BCUT2D eigenvalue weighted by Gasteiger charge is 2.23. The maximum atomic E-state index is 4.59. The van der Waals surface area contributed by atoms with Gasteiger partial charge in [0, 0.05) is 18.1 Å². The number of hydrogen-bond acceptors (Lipinski definition) is 0. The van der Waals surface area contributed by atoms with E-state index < -0.39 is 0 Å². The molecule has 0 fully saturated rings. The minimum absolute atomic E-state index is 0.927. The second kappa shape index (κ2) is 7.91. The molecule has 1 aliphatic carbocycles. The molecule has 0 saturated carbocycles. The number of nitrogens with zero attached hydrogens (tertiary/aromatic N) is 1. The SMILES string of the molecule is C=C1CC(C)=C(/C=C\C)/C1=c1/c(=C)c(/C=C\C)c(C)c2c1c(C)c(/C=C\C)n2C. The summed E-state index contributed by atoms with van der Waals surface area (Å²) in [6.45, 7) is 21.9. The van der Waals surface area contributed by atoms with Crippen LogP contribution in [-0.2, 0) is 7.05 Å². The molecule has 1 heterocycles. The molecule has 2 aromatic rings. The van der Waals surface area contributed by atoms with Gasteiger partial charge in [-0.15, -0.1) is 0 Å². The van der Waals surface area contributed by atoms with Crippen molar-refractivity contribution in [2.24, 2.45) is 7.05 Å². The fourth-order valence-electron chi connectivity index (χ4n) is 4.90. The normalized spacial score (nSPS) is 17.4. The van der Waals surface area contributed by atoms with E-state index in [1.54, 1.807) is 0 Å². The summed E-state index contributed by atoms with van der Waals surface area (Å²) in [5.41, 5.74) is 11.5. The second-order valence-electron chi connectivity index (χ2n) is 8.03. The van der Waals surface area contributed by atoms with Crippen molar-refractivity contribution in [1.82, 2.24) is 4.57 Å². The molecule has 0 aliphatic heterocycles. The Morgan fingerprint density at radius 2 is 1.48 bits per heavy atom. The van der Waals surface area contributed by atoms with Gasteiger partial charge in [0.25, 0.3) is 0 Å². The van der Waals surface area contributed by atoms with E-state index in [0.29, 0.717) is 0 Å². The Kier molecular flexibility index (Phi) is 5.71. The highest BCUT2D eigenvalue weighted by atomic mass is 14.9. The van der Waals surface area contributed by atoms with Crippen LogP contribution >= 0.6 is 0 Å². The number of allylic oxidation sites excluding steroid dienone is 7. The lowest BCUT2D eigenvalue weighted by atomic mass is 9.92. The van der Waals surface area contributed by atoms with Gasteiger partial charge in [-0.2, -0.15) is 0 Å². The number of rotatable bonds is 3. The zero-order valence-corrected chi connectivity index (χ0v) is 19.0. The van der Waals surface area contributed by atoms with Crippen LogP contribution in [0.5, 0.6) is 0 Å². The average molecular weight is 384 g/mol. The summed E-state index contributed by atoms with van der Waals surface area (Å²) in [7, 11) is 2.17. The average Bonchev–Trinajstić information content (AvgIpc) is 3.08. The van der Waals surface area contributed by atoms with E-state index in [2.05, 4.69) is 103 Å². The largest absolute Gasteiger partial charge is 0.344 e. The first-order valence-electron chi connectivity index (χ1n) is 10.4. The third kappa shape index (κ3) is 3.09. The van der Waals surface area contributed by atoms with Crippen LogP contribution in [0.2, 0.25) is 0 Å². The zero-order chi connectivity index (χ0) is 21.5. The van der Waals surface area contributed by atoms with Crippen LogP contribution in [0.25, 0.3) is 35.2 Å². The van der Waals surface area contributed by atoms with Crippen LogP contribution in [0.1, 0.15) is 56.5 Å². The van der Waals surface area contributed by atoms with E-state index in [4.69, 9.17) is 0 Å². The number of aromatic nitrogens is 1. The number of fused-ring (bicyclic) bond motifs is 1. The van der Waals surface area contributed by atoms with Gasteiger partial charge in [-0.25, -0.2) is 0 Å². The van der Waals surface area contributed by atoms with Crippen LogP contribution in [-0.4, -0.2) is 4.57 Å². The predicted molar refractivity (Wildman–Crippen MR) is 131 cm³/mol. The molecule has 1 heteroatoms. The molecule has 0 amide bonds. The van der Waals surface area contributed by atoms with Crippen molar-refractivity contribution in [1.29, 1.82) is 0 Å². The molecule has 0 radical (unpaired) electrons. The van der Waals surface area contributed by atoms with Crippen molar-refractivity contribution in [3.63, 3.8) is 0 Å². The number of benzene rings is 1. The lowest BCUT2D eigenvalue weighted by Gasteiger charge is -2.12. The zero-order valence-electron chi connectivity index (χ0n) is 19.0. The molecular formula is C28H33N. The fourth-order valence-corrected chi connectivity index (χ4v) is 4.90. The van der Waals surface area contributed by atoms with E-state index >= 15 is 0 Å². The molecule has 0 unspecified atom stereocenters. The first kappa shape index (κ1) is 20.9. The molecule has 3 rings (SSSR count).